The number of halogens is 1. The number of nitriles is 1. The molecular weight excluding hydrogens is 408 g/mol. The van der Waals surface area contributed by atoms with Crippen LogP contribution in [0, 0.1) is 11.3 Å². The van der Waals surface area contributed by atoms with Crippen LogP contribution in [0.5, 0.6) is 0 Å². The molecule has 0 unspecified atom stereocenters. The molecule has 3 heterocycles. The number of anilines is 2. The second-order valence-electron chi connectivity index (χ2n) is 7.29. The molecule has 144 valence electrons. The molecule has 1 aliphatic carbocycles. The van der Waals surface area contributed by atoms with Crippen molar-refractivity contribution in [3.8, 4) is 6.07 Å². The maximum atomic E-state index is 13.5. The number of pyridine rings is 1. The van der Waals surface area contributed by atoms with Gasteiger partial charge in [0.2, 0.25) is 0 Å². The van der Waals surface area contributed by atoms with Crippen molar-refractivity contribution < 1.29 is 4.79 Å². The number of rotatable bonds is 2. The number of fused-ring (bicyclic) bond motifs is 1. The number of carbonyl (C=O) groups excluding carboxylic acids is 1. The average Bonchev–Trinajstić information content (AvgIpc) is 3.15. The van der Waals surface area contributed by atoms with Gasteiger partial charge < -0.3 is 4.90 Å². The quantitative estimate of drug-likeness (QED) is 0.587. The highest BCUT2D eigenvalue weighted by Crippen LogP contribution is 2.48. The SMILES string of the molecule is Cn1ncc2cc(N3C(=S)N(c4cnc(C#N)c(Cl)c4)C(=O)C34CCC4)ccc21. The predicted octanol–water partition coefficient (Wildman–Crippen LogP) is 3.55. The summed E-state index contributed by atoms with van der Waals surface area (Å²) in [5.74, 6) is -0.0809. The van der Waals surface area contributed by atoms with Gasteiger partial charge in [-0.3, -0.25) is 14.4 Å². The fraction of sp³-hybridized carbons (Fsp3) is 0.250. The Labute approximate surface area is 177 Å². The van der Waals surface area contributed by atoms with Crippen molar-refractivity contribution in [1.82, 2.24) is 14.8 Å². The van der Waals surface area contributed by atoms with Gasteiger partial charge in [-0.25, -0.2) is 4.98 Å². The van der Waals surface area contributed by atoms with E-state index in [2.05, 4.69) is 10.1 Å². The van der Waals surface area contributed by atoms with E-state index >= 15 is 0 Å². The van der Waals surface area contributed by atoms with Gasteiger partial charge in [-0.1, -0.05) is 11.6 Å². The monoisotopic (exact) mass is 422 g/mol. The van der Waals surface area contributed by atoms with E-state index < -0.39 is 5.54 Å². The van der Waals surface area contributed by atoms with Gasteiger partial charge in [0.05, 0.1) is 28.6 Å². The molecule has 5 rings (SSSR count). The van der Waals surface area contributed by atoms with E-state index in [0.717, 1.165) is 35.9 Å². The number of thiocarbonyl (C=S) groups is 1. The summed E-state index contributed by atoms with van der Waals surface area (Å²) in [6.45, 7) is 0. The van der Waals surface area contributed by atoms with Crippen LogP contribution in [0.4, 0.5) is 11.4 Å². The van der Waals surface area contributed by atoms with Crippen LogP contribution in [-0.2, 0) is 11.8 Å². The third-order valence-corrected chi connectivity index (χ3v) is 6.42. The van der Waals surface area contributed by atoms with Crippen molar-refractivity contribution in [3.63, 3.8) is 0 Å². The van der Waals surface area contributed by atoms with Gasteiger partial charge in [0.25, 0.3) is 5.91 Å². The minimum atomic E-state index is -0.687. The zero-order valence-corrected chi connectivity index (χ0v) is 17.0. The van der Waals surface area contributed by atoms with E-state index in [0.29, 0.717) is 10.8 Å². The van der Waals surface area contributed by atoms with Gasteiger partial charge in [-0.15, -0.1) is 0 Å². The lowest BCUT2D eigenvalue weighted by atomic mass is 9.75. The number of hydrogen-bond acceptors (Lipinski definition) is 5. The first-order valence-electron chi connectivity index (χ1n) is 9.12. The molecule has 0 radical (unpaired) electrons. The number of hydrogen-bond donors (Lipinski definition) is 0. The van der Waals surface area contributed by atoms with Crippen LogP contribution in [0.2, 0.25) is 5.02 Å². The molecule has 1 spiro atoms. The lowest BCUT2D eigenvalue weighted by Crippen LogP contribution is -2.55. The number of aryl methyl sites for hydroxylation is 1. The van der Waals surface area contributed by atoms with Gasteiger partial charge in [0.15, 0.2) is 10.8 Å². The molecule has 0 bridgehead atoms. The van der Waals surface area contributed by atoms with Crippen molar-refractivity contribution in [3.05, 3.63) is 47.4 Å². The minimum Gasteiger partial charge on any atom is -0.303 e. The summed E-state index contributed by atoms with van der Waals surface area (Å²) in [5.41, 5.74) is 1.77. The molecule has 1 saturated carbocycles. The molecule has 1 amide bonds. The van der Waals surface area contributed by atoms with Crippen molar-refractivity contribution in [2.75, 3.05) is 9.80 Å². The van der Waals surface area contributed by atoms with E-state index in [1.165, 1.54) is 11.1 Å². The average molecular weight is 423 g/mol. The van der Waals surface area contributed by atoms with Crippen LogP contribution in [0.3, 0.4) is 0 Å². The molecule has 29 heavy (non-hydrogen) atoms. The highest BCUT2D eigenvalue weighted by Gasteiger charge is 2.59. The van der Waals surface area contributed by atoms with Gasteiger partial charge in [0, 0.05) is 18.1 Å². The number of nitrogens with zero attached hydrogens (tertiary/aromatic N) is 6. The maximum absolute atomic E-state index is 13.5. The molecule has 2 aliphatic rings. The second-order valence-corrected chi connectivity index (χ2v) is 8.06. The summed E-state index contributed by atoms with van der Waals surface area (Å²) in [4.78, 5) is 21.0. The molecule has 0 N–H and O–H groups in total. The third kappa shape index (κ3) is 2.41. The zero-order valence-electron chi connectivity index (χ0n) is 15.5. The van der Waals surface area contributed by atoms with E-state index in [-0.39, 0.29) is 16.6 Å². The van der Waals surface area contributed by atoms with Crippen LogP contribution >= 0.6 is 23.8 Å². The molecule has 7 nitrogen and oxygen atoms in total. The Bertz CT molecular complexity index is 1240. The topological polar surface area (TPSA) is 78.1 Å². The maximum Gasteiger partial charge on any atom is 0.259 e. The van der Waals surface area contributed by atoms with E-state index in [1.807, 2.05) is 40.9 Å². The van der Waals surface area contributed by atoms with E-state index in [9.17, 15) is 4.79 Å². The highest BCUT2D eigenvalue weighted by atomic mass is 35.5. The third-order valence-electron chi connectivity index (χ3n) is 5.77. The fourth-order valence-corrected chi connectivity index (χ4v) is 4.80. The van der Waals surface area contributed by atoms with Crippen LogP contribution in [0.25, 0.3) is 10.9 Å². The summed E-state index contributed by atoms with van der Waals surface area (Å²) in [5, 5.41) is 14.9. The number of amides is 1. The van der Waals surface area contributed by atoms with E-state index in [1.54, 1.807) is 12.3 Å². The first kappa shape index (κ1) is 18.0. The lowest BCUT2D eigenvalue weighted by Gasteiger charge is -2.43. The van der Waals surface area contributed by atoms with Crippen molar-refractivity contribution >= 4 is 57.1 Å². The summed E-state index contributed by atoms with van der Waals surface area (Å²) < 4.78 is 1.81. The largest absolute Gasteiger partial charge is 0.303 e. The smallest absolute Gasteiger partial charge is 0.259 e. The number of carbonyl (C=O) groups is 1. The van der Waals surface area contributed by atoms with Gasteiger partial charge in [-0.2, -0.15) is 10.4 Å². The summed E-state index contributed by atoms with van der Waals surface area (Å²) >= 11 is 11.9. The molecular formula is C20H15ClN6OS. The summed E-state index contributed by atoms with van der Waals surface area (Å²) in [6.07, 6.45) is 5.68. The van der Waals surface area contributed by atoms with Gasteiger partial charge in [0.1, 0.15) is 11.6 Å². The molecule has 1 aliphatic heterocycles. The summed E-state index contributed by atoms with van der Waals surface area (Å²) in [7, 11) is 1.89. The molecule has 1 saturated heterocycles. The first-order chi connectivity index (χ1) is 14.0. The number of aromatic nitrogens is 3. The van der Waals surface area contributed by atoms with Crippen LogP contribution in [-0.4, -0.2) is 31.3 Å². The Hall–Kier alpha value is -3.02. The zero-order chi connectivity index (χ0) is 20.3. The Morgan fingerprint density at radius 2 is 2.03 bits per heavy atom. The Morgan fingerprint density at radius 1 is 1.24 bits per heavy atom. The lowest BCUT2D eigenvalue weighted by molar-refractivity contribution is -0.123. The van der Waals surface area contributed by atoms with Crippen LogP contribution in [0.15, 0.2) is 36.7 Å². The normalized spacial score (nSPS) is 17.8. The predicted molar refractivity (Wildman–Crippen MR) is 114 cm³/mol. The van der Waals surface area contributed by atoms with E-state index in [4.69, 9.17) is 29.1 Å². The standard InChI is InChI=1S/C20H15ClN6OS/c1-25-17-4-3-13(7-12(17)10-24-25)27-19(29)26(18(28)20(27)5-2-6-20)14-8-15(21)16(9-22)23-11-14/h3-4,7-8,10-11H,2,5-6H2,1H3. The molecule has 0 atom stereocenters. The molecule has 9 heteroatoms. The molecule has 2 fully saturated rings. The Morgan fingerprint density at radius 3 is 2.69 bits per heavy atom. The Kier molecular flexibility index (Phi) is 3.88. The molecule has 2 aromatic heterocycles. The fourth-order valence-electron chi connectivity index (χ4n) is 4.13. The summed E-state index contributed by atoms with van der Waals surface area (Å²) in [6, 6.07) is 9.46. The first-order valence-corrected chi connectivity index (χ1v) is 9.91. The molecule has 1 aromatic carbocycles. The number of benzene rings is 1. The van der Waals surface area contributed by atoms with Crippen molar-refractivity contribution in [1.29, 1.82) is 5.26 Å². The van der Waals surface area contributed by atoms with Crippen molar-refractivity contribution in [2.45, 2.75) is 24.8 Å². The van der Waals surface area contributed by atoms with Crippen molar-refractivity contribution in [2.24, 2.45) is 7.05 Å². The van der Waals surface area contributed by atoms with Crippen LogP contribution < -0.4 is 9.80 Å². The van der Waals surface area contributed by atoms with Gasteiger partial charge in [-0.05, 0) is 55.7 Å². The second kappa shape index (κ2) is 6.24. The van der Waals surface area contributed by atoms with Crippen LogP contribution in [0.1, 0.15) is 25.0 Å². The molecule has 3 aromatic rings. The minimum absolute atomic E-state index is 0.0809. The highest BCUT2D eigenvalue weighted by molar-refractivity contribution is 7.81. The Balaban J connectivity index is 1.62. The van der Waals surface area contributed by atoms with Gasteiger partial charge >= 0.3 is 0 Å².